The first kappa shape index (κ1) is 24.5. The van der Waals surface area contributed by atoms with Crippen molar-refractivity contribution in [3.05, 3.63) is 85.9 Å². The van der Waals surface area contributed by atoms with Crippen LogP contribution >= 0.6 is 11.3 Å². The predicted octanol–water partition coefficient (Wildman–Crippen LogP) is 3.37. The fraction of sp³-hybridized carbons (Fsp3) is 0.320. The number of thiazole rings is 1. The van der Waals surface area contributed by atoms with E-state index in [9.17, 15) is 19.7 Å². The average molecular weight is 497 g/mol. The fourth-order valence-electron chi connectivity index (χ4n) is 3.91. The maximum Gasteiger partial charge on any atom is 0.338 e. The molecule has 0 atom stereocenters. The van der Waals surface area contributed by atoms with E-state index < -0.39 is 10.9 Å². The Hall–Kier alpha value is -3.63. The highest BCUT2D eigenvalue weighted by Gasteiger charge is 2.24. The zero-order chi connectivity index (χ0) is 24.8. The van der Waals surface area contributed by atoms with Crippen molar-refractivity contribution in [2.75, 3.05) is 37.8 Å². The summed E-state index contributed by atoms with van der Waals surface area (Å²) in [6, 6.07) is 13.6. The molecule has 0 bridgehead atoms. The highest BCUT2D eigenvalue weighted by atomic mass is 32.1. The molecule has 1 aromatic heterocycles. The lowest BCUT2D eigenvalue weighted by Crippen LogP contribution is -2.38. The SMILES string of the molecule is Cc1c(CCOC(=O)c2ccc(N3CCOCC3)c([N+](=O)[O-])c2)sc[n+]1CC(=O)c1ccccc1. The Morgan fingerprint density at radius 2 is 1.89 bits per heavy atom. The van der Waals surface area contributed by atoms with Crippen molar-refractivity contribution in [3.63, 3.8) is 0 Å². The van der Waals surface area contributed by atoms with Gasteiger partial charge in [-0.1, -0.05) is 41.7 Å². The predicted molar refractivity (Wildman–Crippen MR) is 130 cm³/mol. The number of carbonyl (C=O) groups excluding carboxylic acids is 2. The normalized spacial score (nSPS) is 13.5. The molecule has 1 aliphatic rings. The summed E-state index contributed by atoms with van der Waals surface area (Å²) < 4.78 is 12.6. The Labute approximate surface area is 206 Å². The van der Waals surface area contributed by atoms with E-state index >= 15 is 0 Å². The number of ketones is 1. The van der Waals surface area contributed by atoms with Gasteiger partial charge in [0, 0.05) is 38.1 Å². The number of nitrogens with zero attached hydrogens (tertiary/aromatic N) is 3. The molecule has 2 aromatic carbocycles. The van der Waals surface area contributed by atoms with E-state index in [1.807, 2.05) is 40.1 Å². The Morgan fingerprint density at radius 1 is 1.14 bits per heavy atom. The maximum atomic E-state index is 12.6. The number of carbonyl (C=O) groups is 2. The monoisotopic (exact) mass is 496 g/mol. The van der Waals surface area contributed by atoms with Crippen LogP contribution in [0.2, 0.25) is 0 Å². The van der Waals surface area contributed by atoms with Crippen molar-refractivity contribution in [1.29, 1.82) is 0 Å². The zero-order valence-electron chi connectivity index (χ0n) is 19.3. The molecular formula is C25H26N3O6S+. The second-order valence-corrected chi connectivity index (χ2v) is 9.03. The van der Waals surface area contributed by atoms with Crippen molar-refractivity contribution in [3.8, 4) is 0 Å². The van der Waals surface area contributed by atoms with Gasteiger partial charge in [0.1, 0.15) is 5.69 Å². The van der Waals surface area contributed by atoms with E-state index in [0.29, 0.717) is 44.0 Å². The highest BCUT2D eigenvalue weighted by Crippen LogP contribution is 2.30. The van der Waals surface area contributed by atoms with Crippen LogP contribution in [0.4, 0.5) is 11.4 Å². The number of ether oxygens (including phenoxy) is 2. The quantitative estimate of drug-likeness (QED) is 0.147. The molecule has 9 nitrogen and oxygen atoms in total. The first-order valence-corrected chi connectivity index (χ1v) is 12.1. The summed E-state index contributed by atoms with van der Waals surface area (Å²) in [6.45, 7) is 4.42. The molecule has 0 aliphatic carbocycles. The first-order valence-electron chi connectivity index (χ1n) is 11.3. The van der Waals surface area contributed by atoms with Crippen LogP contribution < -0.4 is 9.47 Å². The molecule has 1 saturated heterocycles. The van der Waals surface area contributed by atoms with Gasteiger partial charge in [0.05, 0.1) is 35.2 Å². The highest BCUT2D eigenvalue weighted by molar-refractivity contribution is 7.09. The molecule has 182 valence electrons. The van der Waals surface area contributed by atoms with Gasteiger partial charge in [-0.2, -0.15) is 4.57 Å². The fourth-order valence-corrected chi connectivity index (χ4v) is 4.88. The molecule has 3 aromatic rings. The number of nitro benzene ring substituents is 1. The van der Waals surface area contributed by atoms with E-state index in [-0.39, 0.29) is 30.2 Å². The van der Waals surface area contributed by atoms with Crippen LogP contribution in [0.15, 0.2) is 54.0 Å². The second kappa shape index (κ2) is 11.2. The summed E-state index contributed by atoms with van der Waals surface area (Å²) in [4.78, 5) is 39.1. The van der Waals surface area contributed by atoms with E-state index in [0.717, 1.165) is 10.6 Å². The molecule has 4 rings (SSSR count). The molecule has 10 heteroatoms. The third-order valence-corrected chi connectivity index (χ3v) is 7.03. The van der Waals surface area contributed by atoms with Crippen LogP contribution in [0.5, 0.6) is 0 Å². The van der Waals surface area contributed by atoms with Crippen molar-refractivity contribution < 1.29 is 28.6 Å². The lowest BCUT2D eigenvalue weighted by molar-refractivity contribution is -0.684. The van der Waals surface area contributed by atoms with Crippen molar-refractivity contribution in [1.82, 2.24) is 0 Å². The van der Waals surface area contributed by atoms with Crippen LogP contribution in [0.3, 0.4) is 0 Å². The lowest BCUT2D eigenvalue weighted by Gasteiger charge is -2.28. The molecule has 0 unspecified atom stereocenters. The zero-order valence-corrected chi connectivity index (χ0v) is 20.2. The van der Waals surface area contributed by atoms with Crippen LogP contribution in [-0.4, -0.2) is 49.6 Å². The summed E-state index contributed by atoms with van der Waals surface area (Å²) in [7, 11) is 0. The number of nitro groups is 1. The Kier molecular flexibility index (Phi) is 7.84. The summed E-state index contributed by atoms with van der Waals surface area (Å²) in [5.41, 5.74) is 3.98. The largest absolute Gasteiger partial charge is 0.462 e. The van der Waals surface area contributed by atoms with Gasteiger partial charge in [0.15, 0.2) is 5.69 Å². The lowest BCUT2D eigenvalue weighted by atomic mass is 10.1. The molecule has 35 heavy (non-hydrogen) atoms. The molecule has 2 heterocycles. The van der Waals surface area contributed by atoms with E-state index in [1.54, 1.807) is 24.3 Å². The standard InChI is InChI=1S/C25H26N3O6S/c1-18-24(35-17-27(18)16-23(29)19-5-3-2-4-6-19)9-12-34-25(30)20-7-8-21(22(15-20)28(31)32)26-10-13-33-14-11-26/h2-8,15,17H,9-14,16H2,1H3/q+1. The van der Waals surface area contributed by atoms with Crippen LogP contribution in [0.1, 0.15) is 31.3 Å². The second-order valence-electron chi connectivity index (χ2n) is 8.09. The van der Waals surface area contributed by atoms with Gasteiger partial charge in [-0.15, -0.1) is 0 Å². The Morgan fingerprint density at radius 3 is 2.60 bits per heavy atom. The van der Waals surface area contributed by atoms with Gasteiger partial charge in [-0.3, -0.25) is 14.9 Å². The number of anilines is 1. The Balaban J connectivity index is 1.36. The van der Waals surface area contributed by atoms with Gasteiger partial charge in [0.2, 0.25) is 17.8 Å². The van der Waals surface area contributed by atoms with E-state index in [1.165, 1.54) is 17.4 Å². The first-order chi connectivity index (χ1) is 16.9. The van der Waals surface area contributed by atoms with Crippen LogP contribution in [0, 0.1) is 17.0 Å². The minimum atomic E-state index is -0.608. The van der Waals surface area contributed by atoms with Crippen LogP contribution in [-0.2, 0) is 22.4 Å². The molecule has 0 amide bonds. The van der Waals surface area contributed by atoms with Gasteiger partial charge in [-0.05, 0) is 12.1 Å². The summed E-state index contributed by atoms with van der Waals surface area (Å²) in [5.74, 6) is -0.584. The summed E-state index contributed by atoms with van der Waals surface area (Å²) in [5, 5.41) is 11.6. The summed E-state index contributed by atoms with van der Waals surface area (Å²) >= 11 is 1.50. The van der Waals surface area contributed by atoms with Crippen molar-refractivity contribution in [2.45, 2.75) is 19.9 Å². The third-order valence-electron chi connectivity index (χ3n) is 5.89. The minimum absolute atomic E-state index is 0.0246. The molecule has 1 fully saturated rings. The number of esters is 1. The van der Waals surface area contributed by atoms with E-state index in [2.05, 4.69) is 0 Å². The molecule has 0 spiro atoms. The van der Waals surface area contributed by atoms with Crippen molar-refractivity contribution >= 4 is 34.5 Å². The average Bonchev–Trinajstić information content (AvgIpc) is 3.23. The minimum Gasteiger partial charge on any atom is -0.462 e. The molecule has 0 radical (unpaired) electrons. The number of benzene rings is 2. The number of rotatable bonds is 9. The van der Waals surface area contributed by atoms with E-state index in [4.69, 9.17) is 9.47 Å². The number of aromatic nitrogens is 1. The third kappa shape index (κ3) is 5.90. The maximum absolute atomic E-state index is 12.6. The number of hydrogen-bond acceptors (Lipinski definition) is 8. The van der Waals surface area contributed by atoms with Crippen LogP contribution in [0.25, 0.3) is 0 Å². The van der Waals surface area contributed by atoms with Crippen molar-refractivity contribution in [2.24, 2.45) is 0 Å². The van der Waals surface area contributed by atoms with Gasteiger partial charge >= 0.3 is 5.97 Å². The van der Waals surface area contributed by atoms with Gasteiger partial charge < -0.3 is 14.4 Å². The smallest absolute Gasteiger partial charge is 0.338 e. The molecule has 0 saturated carbocycles. The molecule has 1 aliphatic heterocycles. The van der Waals surface area contributed by atoms with Gasteiger partial charge in [-0.25, -0.2) is 4.79 Å². The number of Topliss-reactive ketones (excluding diaryl/α,β-unsaturated/α-hetero) is 1. The molecular weight excluding hydrogens is 470 g/mol. The van der Waals surface area contributed by atoms with Gasteiger partial charge in [0.25, 0.3) is 5.69 Å². The Bertz CT molecular complexity index is 1220. The summed E-state index contributed by atoms with van der Waals surface area (Å²) in [6.07, 6.45) is 0.489. The molecule has 0 N–H and O–H groups in total. The number of morpholine rings is 1. The number of hydrogen-bond donors (Lipinski definition) is 0. The topological polar surface area (TPSA) is 103 Å².